The number of hydrogen-bond donors (Lipinski definition) is 1. The van der Waals surface area contributed by atoms with Gasteiger partial charge in [-0.2, -0.15) is 0 Å². The lowest BCUT2D eigenvalue weighted by atomic mass is 10.2. The molecule has 4 aromatic rings. The van der Waals surface area contributed by atoms with Gasteiger partial charge in [0.1, 0.15) is 16.9 Å². The number of tetrazole rings is 1. The molecule has 3 heterocycles. The molecule has 1 aromatic carbocycles. The predicted molar refractivity (Wildman–Crippen MR) is 80.5 cm³/mol. The van der Waals surface area contributed by atoms with Crippen LogP contribution in [0, 0.1) is 0 Å². The van der Waals surface area contributed by atoms with Crippen LogP contribution in [0.3, 0.4) is 0 Å². The van der Waals surface area contributed by atoms with Crippen molar-refractivity contribution in [2.45, 2.75) is 10.9 Å². The first-order valence-electron chi connectivity index (χ1n) is 6.48. The van der Waals surface area contributed by atoms with E-state index in [1.165, 1.54) is 11.8 Å². The van der Waals surface area contributed by atoms with Crippen LogP contribution in [-0.2, 0) is 12.8 Å². The summed E-state index contributed by atoms with van der Waals surface area (Å²) in [5.74, 6) is 1.01. The summed E-state index contributed by atoms with van der Waals surface area (Å²) in [6, 6.07) is 7.45. The lowest BCUT2D eigenvalue weighted by Crippen LogP contribution is -2.10. The van der Waals surface area contributed by atoms with Gasteiger partial charge < -0.3 is 9.40 Å². The molecule has 0 saturated heterocycles. The second-order valence-electron chi connectivity index (χ2n) is 4.66. The van der Waals surface area contributed by atoms with Crippen LogP contribution in [-0.4, -0.2) is 30.2 Å². The zero-order chi connectivity index (χ0) is 15.1. The monoisotopic (exact) mass is 314 g/mol. The number of furan rings is 1. The van der Waals surface area contributed by atoms with E-state index in [-0.39, 0.29) is 11.1 Å². The summed E-state index contributed by atoms with van der Waals surface area (Å²) in [6.07, 6.45) is 0. The van der Waals surface area contributed by atoms with Gasteiger partial charge in [0.15, 0.2) is 0 Å². The molecule has 0 saturated carbocycles. The minimum Gasteiger partial charge on any atom is -0.449 e. The topological polar surface area (TPSA) is 102 Å². The van der Waals surface area contributed by atoms with Gasteiger partial charge in [-0.25, -0.2) is 9.67 Å². The third kappa shape index (κ3) is 2.06. The standard InChI is InChI=1S/C13H10N6O2S/c1-19-13(16-17-18-19)22-6-9-14-10-7-4-2-3-5-8(7)21-11(10)12(20)15-9/h2-5H,6H2,1H3,(H,14,15,20). The molecule has 0 atom stereocenters. The van der Waals surface area contributed by atoms with E-state index in [0.29, 0.717) is 27.8 Å². The van der Waals surface area contributed by atoms with E-state index in [4.69, 9.17) is 4.42 Å². The summed E-state index contributed by atoms with van der Waals surface area (Å²) in [5, 5.41) is 12.7. The summed E-state index contributed by atoms with van der Waals surface area (Å²) >= 11 is 1.40. The normalized spacial score (nSPS) is 11.5. The van der Waals surface area contributed by atoms with Crippen LogP contribution >= 0.6 is 11.8 Å². The van der Waals surface area contributed by atoms with Gasteiger partial charge in [0.2, 0.25) is 10.7 Å². The van der Waals surface area contributed by atoms with Gasteiger partial charge in [-0.15, -0.1) is 5.10 Å². The second kappa shape index (κ2) is 4.95. The fourth-order valence-electron chi connectivity index (χ4n) is 2.19. The summed E-state index contributed by atoms with van der Waals surface area (Å²) < 4.78 is 7.12. The van der Waals surface area contributed by atoms with Crippen molar-refractivity contribution in [3.63, 3.8) is 0 Å². The zero-order valence-electron chi connectivity index (χ0n) is 11.5. The molecular formula is C13H10N6O2S. The molecule has 3 aromatic heterocycles. The van der Waals surface area contributed by atoms with Crippen molar-refractivity contribution in [1.82, 2.24) is 30.2 Å². The molecule has 1 N–H and O–H groups in total. The van der Waals surface area contributed by atoms with Gasteiger partial charge in [0.05, 0.1) is 5.75 Å². The predicted octanol–water partition coefficient (Wildman–Crippen LogP) is 1.49. The highest BCUT2D eigenvalue weighted by atomic mass is 32.2. The Hall–Kier alpha value is -2.68. The number of fused-ring (bicyclic) bond motifs is 3. The van der Waals surface area contributed by atoms with Crippen LogP contribution in [0.25, 0.3) is 22.1 Å². The number of hydrogen-bond acceptors (Lipinski definition) is 7. The van der Waals surface area contributed by atoms with Crippen molar-refractivity contribution in [1.29, 1.82) is 0 Å². The number of aromatic amines is 1. The Kier molecular flexibility index (Phi) is 2.93. The van der Waals surface area contributed by atoms with Crippen LogP contribution in [0.5, 0.6) is 0 Å². The third-order valence-electron chi connectivity index (χ3n) is 3.20. The lowest BCUT2D eigenvalue weighted by Gasteiger charge is -1.99. The van der Waals surface area contributed by atoms with Crippen LogP contribution in [0.4, 0.5) is 0 Å². The van der Waals surface area contributed by atoms with Crippen LogP contribution < -0.4 is 5.56 Å². The fourth-order valence-corrected chi connectivity index (χ4v) is 2.91. The van der Waals surface area contributed by atoms with Gasteiger partial charge in [-0.3, -0.25) is 4.79 Å². The Morgan fingerprint density at radius 3 is 3.05 bits per heavy atom. The highest BCUT2D eigenvalue weighted by Gasteiger charge is 2.13. The Labute approximate surface area is 127 Å². The average Bonchev–Trinajstić information content (AvgIpc) is 3.09. The molecule has 0 unspecified atom stereocenters. The smallest absolute Gasteiger partial charge is 0.294 e. The average molecular weight is 314 g/mol. The van der Waals surface area contributed by atoms with Gasteiger partial charge in [-0.05, 0) is 22.6 Å². The highest BCUT2D eigenvalue weighted by molar-refractivity contribution is 7.98. The number of nitrogens with one attached hydrogen (secondary N) is 1. The first kappa shape index (κ1) is 13.0. The van der Waals surface area contributed by atoms with Crippen molar-refractivity contribution in [3.8, 4) is 0 Å². The van der Waals surface area contributed by atoms with Crippen molar-refractivity contribution >= 4 is 33.8 Å². The molecule has 22 heavy (non-hydrogen) atoms. The molecule has 8 nitrogen and oxygen atoms in total. The van der Waals surface area contributed by atoms with Crippen molar-refractivity contribution in [2.75, 3.05) is 0 Å². The van der Waals surface area contributed by atoms with Gasteiger partial charge in [0, 0.05) is 12.4 Å². The summed E-state index contributed by atoms with van der Waals surface area (Å²) in [4.78, 5) is 19.4. The van der Waals surface area contributed by atoms with Crippen LogP contribution in [0.15, 0.2) is 38.6 Å². The molecule has 4 rings (SSSR count). The summed E-state index contributed by atoms with van der Waals surface area (Å²) in [7, 11) is 1.76. The number of benzene rings is 1. The second-order valence-corrected chi connectivity index (χ2v) is 5.60. The maximum atomic E-state index is 12.2. The maximum Gasteiger partial charge on any atom is 0.294 e. The lowest BCUT2D eigenvalue weighted by molar-refractivity contribution is 0.659. The first-order chi connectivity index (χ1) is 10.7. The number of para-hydroxylation sites is 1. The van der Waals surface area contributed by atoms with E-state index in [0.717, 1.165) is 5.39 Å². The first-order valence-corrected chi connectivity index (χ1v) is 7.46. The van der Waals surface area contributed by atoms with Crippen molar-refractivity contribution in [3.05, 3.63) is 40.4 Å². The molecule has 0 spiro atoms. The minimum atomic E-state index is -0.284. The Morgan fingerprint density at radius 1 is 1.36 bits per heavy atom. The summed E-state index contributed by atoms with van der Waals surface area (Å²) in [6.45, 7) is 0. The Bertz CT molecular complexity index is 1030. The van der Waals surface area contributed by atoms with Crippen LogP contribution in [0.2, 0.25) is 0 Å². The Morgan fingerprint density at radius 2 is 2.23 bits per heavy atom. The van der Waals surface area contributed by atoms with Crippen molar-refractivity contribution < 1.29 is 4.42 Å². The molecule has 0 aliphatic heterocycles. The minimum absolute atomic E-state index is 0.246. The zero-order valence-corrected chi connectivity index (χ0v) is 12.3. The molecule has 0 bridgehead atoms. The molecule has 0 aliphatic rings. The van der Waals surface area contributed by atoms with E-state index >= 15 is 0 Å². The summed E-state index contributed by atoms with van der Waals surface area (Å²) in [5.41, 5.74) is 1.19. The quantitative estimate of drug-likeness (QED) is 0.571. The number of aryl methyl sites for hydroxylation is 1. The Balaban J connectivity index is 1.77. The molecular weight excluding hydrogens is 304 g/mol. The molecule has 9 heteroatoms. The fraction of sp³-hybridized carbons (Fsp3) is 0.154. The van der Waals surface area contributed by atoms with E-state index in [1.54, 1.807) is 11.7 Å². The number of nitrogens with zero attached hydrogens (tertiary/aromatic N) is 5. The van der Waals surface area contributed by atoms with E-state index in [1.807, 2.05) is 24.3 Å². The maximum absolute atomic E-state index is 12.2. The number of aromatic nitrogens is 6. The molecule has 0 aliphatic carbocycles. The van der Waals surface area contributed by atoms with Crippen LogP contribution in [0.1, 0.15) is 5.82 Å². The molecule has 0 radical (unpaired) electrons. The highest BCUT2D eigenvalue weighted by Crippen LogP contribution is 2.25. The number of H-pyrrole nitrogens is 1. The number of thioether (sulfide) groups is 1. The largest absolute Gasteiger partial charge is 0.449 e. The van der Waals surface area contributed by atoms with E-state index in [9.17, 15) is 4.79 Å². The SMILES string of the molecule is Cn1nnnc1SCc1nc2c(oc3ccccc32)c(=O)[nH]1. The molecule has 0 fully saturated rings. The molecule has 110 valence electrons. The molecule has 0 amide bonds. The van der Waals surface area contributed by atoms with E-state index in [2.05, 4.69) is 25.5 Å². The van der Waals surface area contributed by atoms with Crippen molar-refractivity contribution in [2.24, 2.45) is 7.05 Å². The van der Waals surface area contributed by atoms with E-state index < -0.39 is 0 Å². The third-order valence-corrected chi connectivity index (χ3v) is 4.22. The van der Waals surface area contributed by atoms with Gasteiger partial charge >= 0.3 is 0 Å². The van der Waals surface area contributed by atoms with Gasteiger partial charge in [0.25, 0.3) is 5.56 Å². The van der Waals surface area contributed by atoms with Gasteiger partial charge in [-0.1, -0.05) is 23.9 Å². The number of rotatable bonds is 3.